The van der Waals surface area contributed by atoms with E-state index < -0.39 is 5.97 Å². The highest BCUT2D eigenvalue weighted by molar-refractivity contribution is 7.12. The minimum Gasteiger partial charge on any atom is -0.457 e. The predicted molar refractivity (Wildman–Crippen MR) is 94.2 cm³/mol. The van der Waals surface area contributed by atoms with Crippen molar-refractivity contribution in [1.82, 2.24) is 9.55 Å². The van der Waals surface area contributed by atoms with E-state index >= 15 is 0 Å². The smallest absolute Gasteiger partial charge is 0.310 e. The summed E-state index contributed by atoms with van der Waals surface area (Å²) in [7, 11) is 0. The number of carbonyl (C=O) groups excluding carboxylic acids is 2. The Hall–Kier alpha value is -2.25. The molecule has 0 bridgehead atoms. The van der Waals surface area contributed by atoms with E-state index in [9.17, 15) is 9.59 Å². The van der Waals surface area contributed by atoms with E-state index in [-0.39, 0.29) is 18.8 Å². The molecule has 5 nitrogen and oxygen atoms in total. The molecule has 0 N–H and O–H groups in total. The van der Waals surface area contributed by atoms with Crippen LogP contribution in [0.2, 0.25) is 0 Å². The number of hydrogen-bond donors (Lipinski definition) is 0. The molecule has 0 radical (unpaired) electrons. The van der Waals surface area contributed by atoms with Crippen LogP contribution < -0.4 is 0 Å². The normalized spacial score (nSPS) is 10.8. The standard InChI is InChI=1S/C17H16N2O3S2/c1-11-7-14(12(2)19(11)17-18-4-6-24-17)15(20)9-22-16(21)8-13-3-5-23-10-13/h3-7,10H,8-9H2,1-2H3. The second-order valence-electron chi connectivity index (χ2n) is 5.33. The molecule has 0 aliphatic heterocycles. The van der Waals surface area contributed by atoms with Gasteiger partial charge in [0.1, 0.15) is 0 Å². The van der Waals surface area contributed by atoms with Gasteiger partial charge in [0.2, 0.25) is 5.78 Å². The van der Waals surface area contributed by atoms with Crippen LogP contribution in [0.1, 0.15) is 27.3 Å². The van der Waals surface area contributed by atoms with Crippen molar-refractivity contribution in [3.63, 3.8) is 0 Å². The van der Waals surface area contributed by atoms with Gasteiger partial charge >= 0.3 is 5.97 Å². The lowest BCUT2D eigenvalue weighted by Gasteiger charge is -2.06. The summed E-state index contributed by atoms with van der Waals surface area (Å²) in [5, 5.41) is 6.51. The molecule has 0 unspecified atom stereocenters. The van der Waals surface area contributed by atoms with E-state index in [4.69, 9.17) is 4.74 Å². The lowest BCUT2D eigenvalue weighted by atomic mass is 10.1. The number of thiazole rings is 1. The Morgan fingerprint density at radius 1 is 1.29 bits per heavy atom. The Morgan fingerprint density at radius 3 is 2.79 bits per heavy atom. The zero-order chi connectivity index (χ0) is 17.1. The highest BCUT2D eigenvalue weighted by Crippen LogP contribution is 2.22. The first-order valence-electron chi connectivity index (χ1n) is 7.35. The van der Waals surface area contributed by atoms with Gasteiger partial charge in [-0.25, -0.2) is 4.98 Å². The van der Waals surface area contributed by atoms with Crippen molar-refractivity contribution in [3.8, 4) is 5.13 Å². The number of esters is 1. The molecule has 0 aliphatic rings. The van der Waals surface area contributed by atoms with E-state index in [0.29, 0.717) is 5.56 Å². The molecule has 0 aromatic carbocycles. The third-order valence-corrected chi connectivity index (χ3v) is 5.12. The minimum atomic E-state index is -0.393. The van der Waals surface area contributed by atoms with Crippen molar-refractivity contribution in [2.45, 2.75) is 20.3 Å². The molecule has 0 amide bonds. The number of carbonyl (C=O) groups is 2. The quantitative estimate of drug-likeness (QED) is 0.498. The molecule has 3 rings (SSSR count). The van der Waals surface area contributed by atoms with Gasteiger partial charge in [0.25, 0.3) is 0 Å². The fourth-order valence-electron chi connectivity index (χ4n) is 2.50. The van der Waals surface area contributed by atoms with Gasteiger partial charge in [-0.2, -0.15) is 11.3 Å². The first-order valence-corrected chi connectivity index (χ1v) is 9.17. The molecule has 0 saturated heterocycles. The summed E-state index contributed by atoms with van der Waals surface area (Å²) in [6.07, 6.45) is 1.92. The first-order chi connectivity index (χ1) is 11.6. The molecular formula is C17H16N2O3S2. The molecule has 0 atom stereocenters. The highest BCUT2D eigenvalue weighted by atomic mass is 32.1. The molecule has 0 aliphatic carbocycles. The molecule has 3 heterocycles. The molecule has 0 saturated carbocycles. The number of aromatic nitrogens is 2. The maximum Gasteiger partial charge on any atom is 0.310 e. The number of thiophene rings is 1. The largest absolute Gasteiger partial charge is 0.457 e. The van der Waals surface area contributed by atoms with Gasteiger partial charge in [0.05, 0.1) is 6.42 Å². The van der Waals surface area contributed by atoms with Crippen LogP contribution in [0.4, 0.5) is 0 Å². The maximum absolute atomic E-state index is 12.4. The van der Waals surface area contributed by atoms with Crippen LogP contribution in [-0.2, 0) is 16.0 Å². The van der Waals surface area contributed by atoms with Gasteiger partial charge in [0.15, 0.2) is 11.7 Å². The fourth-order valence-corrected chi connectivity index (χ4v) is 3.92. The summed E-state index contributed by atoms with van der Waals surface area (Å²) in [6.45, 7) is 3.55. The van der Waals surface area contributed by atoms with Gasteiger partial charge in [-0.05, 0) is 42.3 Å². The number of hydrogen-bond acceptors (Lipinski definition) is 6. The van der Waals surface area contributed by atoms with Crippen molar-refractivity contribution >= 4 is 34.4 Å². The number of Topliss-reactive ketones (excluding diaryl/α,β-unsaturated/α-hetero) is 1. The Kier molecular flexibility index (Phi) is 4.92. The van der Waals surface area contributed by atoms with Crippen LogP contribution in [0.5, 0.6) is 0 Å². The zero-order valence-electron chi connectivity index (χ0n) is 13.3. The third-order valence-electron chi connectivity index (χ3n) is 3.63. The van der Waals surface area contributed by atoms with E-state index in [1.54, 1.807) is 6.20 Å². The van der Waals surface area contributed by atoms with Gasteiger partial charge in [-0.15, -0.1) is 11.3 Å². The Bertz CT molecular complexity index is 849. The molecule has 0 fully saturated rings. The predicted octanol–water partition coefficient (Wildman–Crippen LogP) is 3.58. The maximum atomic E-state index is 12.4. The molecule has 3 aromatic heterocycles. The van der Waals surface area contributed by atoms with Crippen LogP contribution in [0.3, 0.4) is 0 Å². The van der Waals surface area contributed by atoms with Crippen molar-refractivity contribution in [2.24, 2.45) is 0 Å². The van der Waals surface area contributed by atoms with E-state index in [2.05, 4.69) is 4.98 Å². The summed E-state index contributed by atoms with van der Waals surface area (Å²) in [4.78, 5) is 28.5. The number of ketones is 1. The lowest BCUT2D eigenvalue weighted by molar-refractivity contribution is -0.141. The SMILES string of the molecule is Cc1cc(C(=O)COC(=O)Cc2ccsc2)c(C)n1-c1nccs1. The topological polar surface area (TPSA) is 61.2 Å². The summed E-state index contributed by atoms with van der Waals surface area (Å²) < 4.78 is 7.06. The van der Waals surface area contributed by atoms with Crippen LogP contribution >= 0.6 is 22.7 Å². The molecule has 3 aromatic rings. The van der Waals surface area contributed by atoms with Crippen LogP contribution in [0.25, 0.3) is 5.13 Å². The van der Waals surface area contributed by atoms with E-state index in [1.807, 2.05) is 46.7 Å². The molecular weight excluding hydrogens is 344 g/mol. The van der Waals surface area contributed by atoms with E-state index in [1.165, 1.54) is 22.7 Å². The third kappa shape index (κ3) is 3.47. The van der Waals surface area contributed by atoms with Crippen molar-refractivity contribution in [1.29, 1.82) is 0 Å². The lowest BCUT2D eigenvalue weighted by Crippen LogP contribution is -2.16. The summed E-state index contributed by atoms with van der Waals surface area (Å²) in [5.74, 6) is -0.597. The van der Waals surface area contributed by atoms with Gasteiger partial charge < -0.3 is 4.74 Å². The number of aryl methyl sites for hydroxylation is 1. The second kappa shape index (κ2) is 7.11. The number of ether oxygens (including phenoxy) is 1. The molecule has 0 spiro atoms. The second-order valence-corrected chi connectivity index (χ2v) is 6.98. The minimum absolute atomic E-state index is 0.189. The Labute approximate surface area is 147 Å². The Balaban J connectivity index is 1.67. The summed E-state index contributed by atoms with van der Waals surface area (Å²) in [6, 6.07) is 3.68. The van der Waals surface area contributed by atoms with Gasteiger partial charge in [-0.3, -0.25) is 14.2 Å². The first kappa shape index (κ1) is 16.6. The van der Waals surface area contributed by atoms with Crippen molar-refractivity contribution in [2.75, 3.05) is 6.61 Å². The van der Waals surface area contributed by atoms with Crippen LogP contribution in [-0.4, -0.2) is 27.9 Å². The highest BCUT2D eigenvalue weighted by Gasteiger charge is 2.19. The van der Waals surface area contributed by atoms with Gasteiger partial charge in [-0.1, -0.05) is 0 Å². The molecule has 124 valence electrons. The van der Waals surface area contributed by atoms with E-state index in [0.717, 1.165) is 22.1 Å². The number of nitrogens with zero attached hydrogens (tertiary/aromatic N) is 2. The van der Waals surface area contributed by atoms with Gasteiger partial charge in [0, 0.05) is 28.5 Å². The van der Waals surface area contributed by atoms with Crippen molar-refractivity contribution < 1.29 is 14.3 Å². The van der Waals surface area contributed by atoms with Crippen LogP contribution in [0.15, 0.2) is 34.5 Å². The Morgan fingerprint density at radius 2 is 2.12 bits per heavy atom. The number of rotatable bonds is 6. The monoisotopic (exact) mass is 360 g/mol. The summed E-state index contributed by atoms with van der Waals surface area (Å²) in [5.41, 5.74) is 3.20. The van der Waals surface area contributed by atoms with Crippen molar-refractivity contribution in [3.05, 3.63) is 57.0 Å². The summed E-state index contributed by atoms with van der Waals surface area (Å²) >= 11 is 3.03. The average Bonchev–Trinajstić information content (AvgIpc) is 3.27. The fraction of sp³-hybridized carbons (Fsp3) is 0.235. The average molecular weight is 360 g/mol. The van der Waals surface area contributed by atoms with Crippen LogP contribution in [0, 0.1) is 13.8 Å². The molecule has 24 heavy (non-hydrogen) atoms. The molecule has 7 heteroatoms. The zero-order valence-corrected chi connectivity index (χ0v) is 14.9.